The Bertz CT molecular complexity index is 578. The van der Waals surface area contributed by atoms with E-state index in [0.717, 1.165) is 31.2 Å². The van der Waals surface area contributed by atoms with Gasteiger partial charge in [0.15, 0.2) is 0 Å². The molecule has 0 amide bonds. The maximum atomic E-state index is 12.6. The molecule has 5 heteroatoms. The normalized spacial score (nSPS) is 20.1. The summed E-state index contributed by atoms with van der Waals surface area (Å²) in [5, 5.41) is 3.13. The first-order chi connectivity index (χ1) is 9.86. The van der Waals surface area contributed by atoms with Crippen molar-refractivity contribution < 1.29 is 8.42 Å². The third-order valence-electron chi connectivity index (χ3n) is 4.44. The Balaban J connectivity index is 2.23. The lowest BCUT2D eigenvalue weighted by molar-refractivity contribution is 0.294. The number of hydrogen-bond acceptors (Lipinski definition) is 3. The van der Waals surface area contributed by atoms with Gasteiger partial charge in [-0.25, -0.2) is 13.1 Å². The second-order valence-corrected chi connectivity index (χ2v) is 7.99. The van der Waals surface area contributed by atoms with Crippen LogP contribution < -0.4 is 10.0 Å². The van der Waals surface area contributed by atoms with Crippen LogP contribution >= 0.6 is 0 Å². The molecule has 1 aliphatic rings. The van der Waals surface area contributed by atoms with E-state index in [1.165, 1.54) is 6.42 Å². The molecular weight excluding hydrogens is 284 g/mol. The van der Waals surface area contributed by atoms with E-state index in [9.17, 15) is 8.42 Å². The molecule has 118 valence electrons. The molecule has 1 saturated carbocycles. The van der Waals surface area contributed by atoms with Crippen molar-refractivity contribution >= 4 is 10.0 Å². The largest absolute Gasteiger partial charge is 0.313 e. The summed E-state index contributed by atoms with van der Waals surface area (Å²) in [5.41, 5.74) is 0.677. The van der Waals surface area contributed by atoms with Gasteiger partial charge in [-0.1, -0.05) is 31.4 Å². The topological polar surface area (TPSA) is 58.2 Å². The fourth-order valence-corrected chi connectivity index (χ4v) is 4.45. The molecule has 2 rings (SSSR count). The summed E-state index contributed by atoms with van der Waals surface area (Å²) in [4.78, 5) is 0.355. The fourth-order valence-electron chi connectivity index (χ4n) is 2.94. The molecule has 1 aliphatic carbocycles. The summed E-state index contributed by atoms with van der Waals surface area (Å²) in [6, 6.07) is 7.31. The van der Waals surface area contributed by atoms with E-state index in [1.54, 1.807) is 18.2 Å². The molecule has 0 aromatic heterocycles. The summed E-state index contributed by atoms with van der Waals surface area (Å²) in [6.07, 6.45) is 5.22. The van der Waals surface area contributed by atoms with Gasteiger partial charge >= 0.3 is 0 Å². The lowest BCUT2D eigenvalue weighted by atomic mass is 9.84. The number of nitrogens with one attached hydrogen (secondary N) is 2. The highest BCUT2D eigenvalue weighted by molar-refractivity contribution is 7.89. The minimum absolute atomic E-state index is 0.130. The first-order valence-corrected chi connectivity index (χ1v) is 9.16. The molecule has 1 aromatic carbocycles. The number of benzene rings is 1. The molecule has 1 fully saturated rings. The van der Waals surface area contributed by atoms with Crippen LogP contribution in [0, 0.1) is 0 Å². The van der Waals surface area contributed by atoms with Crippen molar-refractivity contribution in [3.63, 3.8) is 0 Å². The van der Waals surface area contributed by atoms with E-state index in [1.807, 2.05) is 27.0 Å². The SMILES string of the molecule is CNC(C)c1cccc(S(=O)(=O)NC2(C)CCCCC2)c1. The van der Waals surface area contributed by atoms with E-state index >= 15 is 0 Å². The predicted molar refractivity (Wildman–Crippen MR) is 85.7 cm³/mol. The van der Waals surface area contributed by atoms with Crippen molar-refractivity contribution in [3.05, 3.63) is 29.8 Å². The monoisotopic (exact) mass is 310 g/mol. The molecule has 0 aliphatic heterocycles. The maximum Gasteiger partial charge on any atom is 0.241 e. The Labute approximate surface area is 128 Å². The Morgan fingerprint density at radius 3 is 2.48 bits per heavy atom. The van der Waals surface area contributed by atoms with Crippen LogP contribution in [-0.4, -0.2) is 21.0 Å². The number of sulfonamides is 1. The van der Waals surface area contributed by atoms with Gasteiger partial charge in [-0.15, -0.1) is 0 Å². The first-order valence-electron chi connectivity index (χ1n) is 7.67. The lowest BCUT2D eigenvalue weighted by Crippen LogP contribution is -2.47. The lowest BCUT2D eigenvalue weighted by Gasteiger charge is -2.34. The average Bonchev–Trinajstić information content (AvgIpc) is 2.46. The molecule has 0 bridgehead atoms. The van der Waals surface area contributed by atoms with E-state index in [-0.39, 0.29) is 11.6 Å². The maximum absolute atomic E-state index is 12.6. The van der Waals surface area contributed by atoms with E-state index in [0.29, 0.717) is 4.90 Å². The first kappa shape index (κ1) is 16.5. The Kier molecular flexibility index (Phi) is 5.07. The summed E-state index contributed by atoms with van der Waals surface area (Å²) < 4.78 is 28.2. The second kappa shape index (κ2) is 6.46. The van der Waals surface area contributed by atoms with Gasteiger partial charge < -0.3 is 5.32 Å². The fraction of sp³-hybridized carbons (Fsp3) is 0.625. The predicted octanol–water partition coefficient (Wildman–Crippen LogP) is 2.97. The standard InChI is InChI=1S/C16H26N2O2S/c1-13(17-3)14-8-7-9-15(12-14)21(19,20)18-16(2)10-5-4-6-11-16/h7-9,12-13,17-18H,4-6,10-11H2,1-3H3. The molecule has 0 saturated heterocycles. The van der Waals surface area contributed by atoms with E-state index < -0.39 is 10.0 Å². The van der Waals surface area contributed by atoms with Gasteiger partial charge in [-0.05, 0) is 51.4 Å². The summed E-state index contributed by atoms with van der Waals surface area (Å²) >= 11 is 0. The zero-order valence-electron chi connectivity index (χ0n) is 13.1. The van der Waals surface area contributed by atoms with Crippen molar-refractivity contribution in [1.82, 2.24) is 10.0 Å². The second-order valence-electron chi connectivity index (χ2n) is 6.31. The van der Waals surface area contributed by atoms with Gasteiger partial charge in [0.1, 0.15) is 0 Å². The zero-order valence-corrected chi connectivity index (χ0v) is 14.0. The Morgan fingerprint density at radius 1 is 1.19 bits per heavy atom. The third-order valence-corrected chi connectivity index (χ3v) is 6.08. The zero-order chi connectivity index (χ0) is 15.5. The molecule has 4 nitrogen and oxygen atoms in total. The highest BCUT2D eigenvalue weighted by Gasteiger charge is 2.32. The van der Waals surface area contributed by atoms with Crippen LogP contribution in [0.15, 0.2) is 29.2 Å². The number of rotatable bonds is 5. The van der Waals surface area contributed by atoms with Crippen LogP contribution in [0.3, 0.4) is 0 Å². The van der Waals surface area contributed by atoms with Crippen LogP contribution in [0.1, 0.15) is 57.6 Å². The van der Waals surface area contributed by atoms with Crippen LogP contribution in [-0.2, 0) is 10.0 Å². The number of hydrogen-bond donors (Lipinski definition) is 2. The van der Waals surface area contributed by atoms with Gasteiger partial charge in [-0.3, -0.25) is 0 Å². The molecule has 0 spiro atoms. The quantitative estimate of drug-likeness (QED) is 0.879. The highest BCUT2D eigenvalue weighted by Crippen LogP contribution is 2.29. The van der Waals surface area contributed by atoms with Crippen LogP contribution in [0.25, 0.3) is 0 Å². The van der Waals surface area contributed by atoms with E-state index in [2.05, 4.69) is 10.0 Å². The van der Waals surface area contributed by atoms with Crippen molar-refractivity contribution in [1.29, 1.82) is 0 Å². The minimum atomic E-state index is -3.46. The average molecular weight is 310 g/mol. The highest BCUT2D eigenvalue weighted by atomic mass is 32.2. The summed E-state index contributed by atoms with van der Waals surface area (Å²) in [5.74, 6) is 0. The van der Waals surface area contributed by atoms with Crippen LogP contribution in [0.4, 0.5) is 0 Å². The van der Waals surface area contributed by atoms with Gasteiger partial charge in [0.05, 0.1) is 4.90 Å². The molecular formula is C16H26N2O2S. The smallest absolute Gasteiger partial charge is 0.241 e. The van der Waals surface area contributed by atoms with Crippen molar-refractivity contribution in [2.75, 3.05) is 7.05 Å². The minimum Gasteiger partial charge on any atom is -0.313 e. The van der Waals surface area contributed by atoms with Crippen LogP contribution in [0.5, 0.6) is 0 Å². The Morgan fingerprint density at radius 2 is 1.86 bits per heavy atom. The molecule has 2 N–H and O–H groups in total. The molecule has 1 unspecified atom stereocenters. The molecule has 1 aromatic rings. The van der Waals surface area contributed by atoms with Crippen molar-refractivity contribution in [3.8, 4) is 0 Å². The molecule has 0 heterocycles. The molecule has 1 atom stereocenters. The van der Waals surface area contributed by atoms with Crippen molar-refractivity contribution in [2.45, 2.75) is 62.4 Å². The molecule has 21 heavy (non-hydrogen) atoms. The van der Waals surface area contributed by atoms with Crippen LogP contribution in [0.2, 0.25) is 0 Å². The van der Waals surface area contributed by atoms with Gasteiger partial charge in [0.25, 0.3) is 0 Å². The van der Waals surface area contributed by atoms with Crippen molar-refractivity contribution in [2.24, 2.45) is 0 Å². The van der Waals surface area contributed by atoms with Gasteiger partial charge in [0, 0.05) is 11.6 Å². The Hall–Kier alpha value is -0.910. The van der Waals surface area contributed by atoms with E-state index in [4.69, 9.17) is 0 Å². The summed E-state index contributed by atoms with van der Waals surface area (Å²) in [6.45, 7) is 4.03. The molecule has 0 radical (unpaired) electrons. The third kappa shape index (κ3) is 4.05. The van der Waals surface area contributed by atoms with Gasteiger partial charge in [-0.2, -0.15) is 0 Å². The van der Waals surface area contributed by atoms with Gasteiger partial charge in [0.2, 0.25) is 10.0 Å². The summed E-state index contributed by atoms with van der Waals surface area (Å²) in [7, 11) is -1.59.